The maximum atomic E-state index is 12.5. The molecule has 0 unspecified atom stereocenters. The van der Waals surface area contributed by atoms with Crippen molar-refractivity contribution in [2.75, 3.05) is 32.7 Å². The van der Waals surface area contributed by atoms with Crippen molar-refractivity contribution in [3.05, 3.63) is 83.1 Å². The third-order valence-corrected chi connectivity index (χ3v) is 5.55. The Morgan fingerprint density at radius 2 is 1.61 bits per heavy atom. The summed E-state index contributed by atoms with van der Waals surface area (Å²) in [5, 5.41) is 3.58. The summed E-state index contributed by atoms with van der Waals surface area (Å²) in [6.07, 6.45) is 0. The molecule has 1 aliphatic rings. The van der Waals surface area contributed by atoms with Crippen LogP contribution < -0.4 is 5.32 Å². The predicted molar refractivity (Wildman–Crippen MR) is 120 cm³/mol. The Morgan fingerprint density at radius 3 is 2.32 bits per heavy atom. The number of hydrogen-bond acceptors (Lipinski definition) is 4. The third-order valence-electron chi connectivity index (χ3n) is 5.30. The number of carbonyl (C=O) groups excluding carboxylic acids is 2. The van der Waals surface area contributed by atoms with Gasteiger partial charge in [0.05, 0.1) is 13.1 Å². The van der Waals surface area contributed by atoms with Gasteiger partial charge in [-0.1, -0.05) is 29.8 Å². The van der Waals surface area contributed by atoms with Crippen LogP contribution >= 0.6 is 11.6 Å². The number of carbonyl (C=O) groups is 2. The van der Waals surface area contributed by atoms with Crippen molar-refractivity contribution in [2.24, 2.45) is 0 Å². The zero-order valence-electron chi connectivity index (χ0n) is 17.1. The molecule has 0 aliphatic carbocycles. The maximum absolute atomic E-state index is 12.5. The molecule has 1 saturated heterocycles. The zero-order chi connectivity index (χ0) is 21.6. The van der Waals surface area contributed by atoms with Crippen LogP contribution in [-0.2, 0) is 11.3 Å². The van der Waals surface area contributed by atoms with Crippen LogP contribution in [0, 0.1) is 0 Å². The summed E-state index contributed by atoms with van der Waals surface area (Å²) in [5.74, 6) is 1.41. The molecule has 0 spiro atoms. The molecule has 4 rings (SSSR count). The first-order valence-electron chi connectivity index (χ1n) is 10.3. The van der Waals surface area contributed by atoms with Crippen LogP contribution in [0.25, 0.3) is 11.3 Å². The minimum atomic E-state index is -0.0627. The molecule has 2 amide bonds. The summed E-state index contributed by atoms with van der Waals surface area (Å²) in [6.45, 7) is 3.21. The monoisotopic (exact) mass is 437 g/mol. The number of furan rings is 1. The van der Waals surface area contributed by atoms with Gasteiger partial charge in [-0.2, -0.15) is 0 Å². The largest absolute Gasteiger partial charge is 0.459 e. The molecule has 1 aromatic heterocycles. The Morgan fingerprint density at radius 1 is 0.903 bits per heavy atom. The highest BCUT2D eigenvalue weighted by atomic mass is 35.5. The molecule has 2 heterocycles. The molecule has 0 atom stereocenters. The van der Waals surface area contributed by atoms with E-state index < -0.39 is 0 Å². The Bertz CT molecular complexity index is 1030. The van der Waals surface area contributed by atoms with E-state index in [1.54, 1.807) is 0 Å². The summed E-state index contributed by atoms with van der Waals surface area (Å²) in [6, 6.07) is 20.4. The van der Waals surface area contributed by atoms with Crippen molar-refractivity contribution in [2.45, 2.75) is 6.54 Å². The highest BCUT2D eigenvalue weighted by molar-refractivity contribution is 6.30. The SMILES string of the molecule is O=C(CN1CCN(C(=O)c2ccccc2)CC1)NCc1ccc(-c2ccc(Cl)cc2)o1. The number of amides is 2. The van der Waals surface area contributed by atoms with Crippen LogP contribution in [0.3, 0.4) is 0 Å². The number of rotatable bonds is 6. The molecule has 2 aromatic carbocycles. The first kappa shape index (κ1) is 21.2. The van der Waals surface area contributed by atoms with Gasteiger partial charge in [0.1, 0.15) is 11.5 Å². The molecule has 3 aromatic rings. The van der Waals surface area contributed by atoms with Gasteiger partial charge >= 0.3 is 0 Å². The van der Waals surface area contributed by atoms with E-state index in [0.717, 1.165) is 11.3 Å². The van der Waals surface area contributed by atoms with E-state index in [4.69, 9.17) is 16.0 Å². The lowest BCUT2D eigenvalue weighted by atomic mass is 10.2. The van der Waals surface area contributed by atoms with E-state index in [1.165, 1.54) is 0 Å². The molecule has 1 N–H and O–H groups in total. The van der Waals surface area contributed by atoms with Crippen LogP contribution in [-0.4, -0.2) is 54.3 Å². The second kappa shape index (κ2) is 9.81. The average Bonchev–Trinajstić information content (AvgIpc) is 3.28. The quantitative estimate of drug-likeness (QED) is 0.639. The standard InChI is InChI=1S/C24H24ClN3O3/c25-20-8-6-18(7-9-20)22-11-10-21(31-22)16-26-23(29)17-27-12-14-28(15-13-27)24(30)19-4-2-1-3-5-19/h1-11H,12-17H2,(H,26,29). The predicted octanol–water partition coefficient (Wildman–Crippen LogP) is 3.67. The van der Waals surface area contributed by atoms with Gasteiger partial charge in [0.2, 0.25) is 5.91 Å². The van der Waals surface area contributed by atoms with E-state index in [0.29, 0.717) is 55.6 Å². The lowest BCUT2D eigenvalue weighted by molar-refractivity contribution is -0.122. The first-order chi connectivity index (χ1) is 15.1. The van der Waals surface area contributed by atoms with Crippen molar-refractivity contribution in [3.63, 3.8) is 0 Å². The summed E-state index contributed by atoms with van der Waals surface area (Å²) < 4.78 is 5.82. The number of nitrogens with zero attached hydrogens (tertiary/aromatic N) is 2. The molecule has 7 heteroatoms. The fourth-order valence-corrected chi connectivity index (χ4v) is 3.69. The second-order valence-electron chi connectivity index (χ2n) is 7.48. The van der Waals surface area contributed by atoms with E-state index in [2.05, 4.69) is 10.2 Å². The molecule has 160 valence electrons. The molecular formula is C24H24ClN3O3. The van der Waals surface area contributed by atoms with Crippen molar-refractivity contribution in [1.82, 2.24) is 15.1 Å². The van der Waals surface area contributed by atoms with E-state index in [-0.39, 0.29) is 11.8 Å². The lowest BCUT2D eigenvalue weighted by Crippen LogP contribution is -2.51. The molecule has 6 nitrogen and oxygen atoms in total. The van der Waals surface area contributed by atoms with Crippen molar-refractivity contribution in [1.29, 1.82) is 0 Å². The normalized spacial score (nSPS) is 14.4. The fraction of sp³-hybridized carbons (Fsp3) is 0.250. The van der Waals surface area contributed by atoms with E-state index in [1.807, 2.05) is 71.6 Å². The van der Waals surface area contributed by atoms with E-state index in [9.17, 15) is 9.59 Å². The van der Waals surface area contributed by atoms with Crippen LogP contribution in [0.5, 0.6) is 0 Å². The molecule has 31 heavy (non-hydrogen) atoms. The fourth-order valence-electron chi connectivity index (χ4n) is 3.56. The Hall–Kier alpha value is -3.09. The average molecular weight is 438 g/mol. The Labute approximate surface area is 186 Å². The summed E-state index contributed by atoms with van der Waals surface area (Å²) in [4.78, 5) is 28.8. The lowest BCUT2D eigenvalue weighted by Gasteiger charge is -2.34. The third kappa shape index (κ3) is 5.54. The van der Waals surface area contributed by atoms with Gasteiger partial charge in [0, 0.05) is 42.3 Å². The van der Waals surface area contributed by atoms with Crippen LogP contribution in [0.4, 0.5) is 0 Å². The topological polar surface area (TPSA) is 65.8 Å². The highest BCUT2D eigenvalue weighted by Crippen LogP contribution is 2.23. The highest BCUT2D eigenvalue weighted by Gasteiger charge is 2.23. The van der Waals surface area contributed by atoms with Gasteiger partial charge < -0.3 is 14.6 Å². The zero-order valence-corrected chi connectivity index (χ0v) is 17.8. The number of halogens is 1. The van der Waals surface area contributed by atoms with E-state index >= 15 is 0 Å². The second-order valence-corrected chi connectivity index (χ2v) is 7.92. The Kier molecular flexibility index (Phi) is 6.70. The van der Waals surface area contributed by atoms with Gasteiger partial charge in [0.15, 0.2) is 0 Å². The minimum Gasteiger partial charge on any atom is -0.459 e. The van der Waals surface area contributed by atoms with Gasteiger partial charge in [-0.3, -0.25) is 14.5 Å². The molecule has 0 bridgehead atoms. The van der Waals surface area contributed by atoms with Gasteiger partial charge in [-0.25, -0.2) is 0 Å². The van der Waals surface area contributed by atoms with Crippen molar-refractivity contribution in [3.8, 4) is 11.3 Å². The van der Waals surface area contributed by atoms with Crippen LogP contribution in [0.1, 0.15) is 16.1 Å². The van der Waals surface area contributed by atoms with Crippen LogP contribution in [0.2, 0.25) is 5.02 Å². The summed E-state index contributed by atoms with van der Waals surface area (Å²) in [7, 11) is 0. The molecular weight excluding hydrogens is 414 g/mol. The summed E-state index contributed by atoms with van der Waals surface area (Å²) in [5.41, 5.74) is 1.63. The number of piperazine rings is 1. The van der Waals surface area contributed by atoms with Gasteiger partial charge in [-0.15, -0.1) is 0 Å². The minimum absolute atomic E-state index is 0.0408. The smallest absolute Gasteiger partial charge is 0.253 e. The number of hydrogen-bond donors (Lipinski definition) is 1. The van der Waals surface area contributed by atoms with Gasteiger partial charge in [-0.05, 0) is 48.5 Å². The van der Waals surface area contributed by atoms with Gasteiger partial charge in [0.25, 0.3) is 5.91 Å². The van der Waals surface area contributed by atoms with Crippen molar-refractivity contribution >= 4 is 23.4 Å². The van der Waals surface area contributed by atoms with Crippen LogP contribution in [0.15, 0.2) is 71.1 Å². The number of nitrogens with one attached hydrogen (secondary N) is 1. The molecule has 1 fully saturated rings. The molecule has 0 saturated carbocycles. The first-order valence-corrected chi connectivity index (χ1v) is 10.6. The molecule has 1 aliphatic heterocycles. The summed E-state index contributed by atoms with van der Waals surface area (Å²) >= 11 is 5.92. The molecule has 0 radical (unpaired) electrons. The Balaban J connectivity index is 1.21. The van der Waals surface area contributed by atoms with Crippen molar-refractivity contribution < 1.29 is 14.0 Å². The number of benzene rings is 2. The maximum Gasteiger partial charge on any atom is 0.253 e.